The standard InChI is InChI=1S/C9H10INO3S/c1-7(12)11(2)8-3-5-9(6-4-8)15(10,13)14/h3-6H,1-2H3. The van der Waals surface area contributed by atoms with Crippen molar-refractivity contribution >= 4 is 39.8 Å². The third-order valence-electron chi connectivity index (χ3n) is 1.98. The second kappa shape index (κ2) is 4.48. The molecule has 0 saturated carbocycles. The first-order valence-corrected chi connectivity index (χ1v) is 8.14. The van der Waals surface area contributed by atoms with E-state index >= 15 is 0 Å². The number of benzene rings is 1. The Bertz CT molecular complexity index is 467. The molecular weight excluding hydrogens is 329 g/mol. The van der Waals surface area contributed by atoms with E-state index in [0.29, 0.717) is 5.69 Å². The number of hydrogen-bond acceptors (Lipinski definition) is 3. The lowest BCUT2D eigenvalue weighted by atomic mass is 10.3. The quantitative estimate of drug-likeness (QED) is 0.610. The van der Waals surface area contributed by atoms with Crippen molar-refractivity contribution in [2.24, 2.45) is 0 Å². The SMILES string of the molecule is CC(=O)N(C)c1ccc(S(=O)(=O)I)cc1. The number of nitrogens with zero attached hydrogens (tertiary/aromatic N) is 1. The number of hydrogen-bond donors (Lipinski definition) is 0. The molecule has 1 aromatic rings. The van der Waals surface area contributed by atoms with E-state index in [2.05, 4.69) is 0 Å². The maximum absolute atomic E-state index is 11.2. The smallest absolute Gasteiger partial charge is 0.231 e. The molecule has 4 nitrogen and oxygen atoms in total. The Balaban J connectivity index is 3.06. The molecule has 0 saturated heterocycles. The van der Waals surface area contributed by atoms with Crippen molar-refractivity contribution in [3.63, 3.8) is 0 Å². The molecule has 0 bridgehead atoms. The Labute approximate surface area is 101 Å². The van der Waals surface area contributed by atoms with Crippen LogP contribution in [0.4, 0.5) is 5.69 Å². The zero-order valence-corrected chi connectivity index (χ0v) is 11.2. The van der Waals surface area contributed by atoms with Gasteiger partial charge in [0.05, 0.1) is 26.1 Å². The van der Waals surface area contributed by atoms with Crippen molar-refractivity contribution in [1.29, 1.82) is 0 Å². The largest absolute Gasteiger partial charge is 0.316 e. The fourth-order valence-electron chi connectivity index (χ4n) is 1.01. The summed E-state index contributed by atoms with van der Waals surface area (Å²) in [6, 6.07) is 6.17. The molecule has 0 aliphatic carbocycles. The summed E-state index contributed by atoms with van der Waals surface area (Å²) >= 11 is 1.38. The second-order valence-electron chi connectivity index (χ2n) is 3.01. The molecule has 1 amide bonds. The van der Waals surface area contributed by atoms with E-state index in [-0.39, 0.29) is 10.8 Å². The van der Waals surface area contributed by atoms with E-state index in [1.807, 2.05) is 0 Å². The molecule has 15 heavy (non-hydrogen) atoms. The Morgan fingerprint density at radius 3 is 2.07 bits per heavy atom. The number of anilines is 1. The van der Waals surface area contributed by atoms with Crippen LogP contribution in [0.25, 0.3) is 0 Å². The van der Waals surface area contributed by atoms with Crippen LogP contribution in [0.3, 0.4) is 0 Å². The molecule has 1 rings (SSSR count). The van der Waals surface area contributed by atoms with Crippen LogP contribution in [0.5, 0.6) is 0 Å². The van der Waals surface area contributed by atoms with Gasteiger partial charge in [0.25, 0.3) is 0 Å². The molecule has 0 spiro atoms. The molecule has 0 unspecified atom stereocenters. The average Bonchev–Trinajstić information content (AvgIpc) is 2.15. The van der Waals surface area contributed by atoms with Crippen LogP contribution in [-0.2, 0) is 11.8 Å². The molecule has 0 aliphatic heterocycles. The van der Waals surface area contributed by atoms with E-state index in [1.54, 1.807) is 19.2 Å². The second-order valence-corrected chi connectivity index (χ2v) is 7.84. The lowest BCUT2D eigenvalue weighted by molar-refractivity contribution is -0.116. The van der Waals surface area contributed by atoms with Crippen molar-refractivity contribution in [1.82, 2.24) is 0 Å². The minimum atomic E-state index is -3.20. The first kappa shape index (κ1) is 12.4. The van der Waals surface area contributed by atoms with Gasteiger partial charge in [-0.25, -0.2) is 8.42 Å². The van der Waals surface area contributed by atoms with Crippen molar-refractivity contribution < 1.29 is 13.2 Å². The van der Waals surface area contributed by atoms with Crippen molar-refractivity contribution in [2.45, 2.75) is 11.8 Å². The Morgan fingerprint density at radius 2 is 1.73 bits per heavy atom. The summed E-state index contributed by atoms with van der Waals surface area (Å²) < 4.78 is 22.3. The molecule has 0 heterocycles. The lowest BCUT2D eigenvalue weighted by Gasteiger charge is -2.14. The molecule has 0 atom stereocenters. The van der Waals surface area contributed by atoms with Gasteiger partial charge in [0.15, 0.2) is 0 Å². The van der Waals surface area contributed by atoms with Gasteiger partial charge in [0.2, 0.25) is 12.9 Å². The molecule has 0 fully saturated rings. The van der Waals surface area contributed by atoms with Crippen LogP contribution in [0, 0.1) is 0 Å². The van der Waals surface area contributed by atoms with Gasteiger partial charge in [0, 0.05) is 19.7 Å². The fourth-order valence-corrected chi connectivity index (χ4v) is 2.36. The fraction of sp³-hybridized carbons (Fsp3) is 0.222. The summed E-state index contributed by atoms with van der Waals surface area (Å²) in [7, 11) is -1.56. The third-order valence-corrected chi connectivity index (χ3v) is 4.34. The topological polar surface area (TPSA) is 54.5 Å². The van der Waals surface area contributed by atoms with Crippen LogP contribution < -0.4 is 4.90 Å². The van der Waals surface area contributed by atoms with Gasteiger partial charge in [-0.2, -0.15) is 0 Å². The van der Waals surface area contributed by atoms with Gasteiger partial charge >= 0.3 is 0 Å². The molecule has 1 aromatic carbocycles. The number of amides is 1. The highest BCUT2D eigenvalue weighted by Gasteiger charge is 2.10. The maximum atomic E-state index is 11.2. The predicted octanol–water partition coefficient (Wildman–Crippen LogP) is 1.79. The van der Waals surface area contributed by atoms with Crippen molar-refractivity contribution in [3.05, 3.63) is 24.3 Å². The molecule has 0 N–H and O–H groups in total. The van der Waals surface area contributed by atoms with Gasteiger partial charge in [-0.05, 0) is 24.3 Å². The highest BCUT2D eigenvalue weighted by atomic mass is 127. The Hall–Kier alpha value is -0.630. The molecule has 0 radical (unpaired) electrons. The molecule has 82 valence electrons. The van der Waals surface area contributed by atoms with Gasteiger partial charge < -0.3 is 4.90 Å². The van der Waals surface area contributed by atoms with E-state index < -0.39 is 7.01 Å². The monoisotopic (exact) mass is 339 g/mol. The van der Waals surface area contributed by atoms with Gasteiger partial charge in [-0.15, -0.1) is 0 Å². The summed E-state index contributed by atoms with van der Waals surface area (Å²) in [5.74, 6) is -0.0971. The van der Waals surface area contributed by atoms with Crippen LogP contribution in [0.2, 0.25) is 0 Å². The predicted molar refractivity (Wildman–Crippen MR) is 66.7 cm³/mol. The summed E-state index contributed by atoms with van der Waals surface area (Å²) in [6.07, 6.45) is 0. The summed E-state index contributed by atoms with van der Waals surface area (Å²) in [4.78, 5) is 12.7. The van der Waals surface area contributed by atoms with E-state index in [9.17, 15) is 13.2 Å². The van der Waals surface area contributed by atoms with Gasteiger partial charge in [0.1, 0.15) is 0 Å². The number of halogens is 1. The van der Waals surface area contributed by atoms with Crippen LogP contribution >= 0.6 is 21.2 Å². The third kappa shape index (κ3) is 3.16. The van der Waals surface area contributed by atoms with Crippen molar-refractivity contribution in [3.8, 4) is 0 Å². The highest BCUT2D eigenvalue weighted by Crippen LogP contribution is 2.21. The Kier molecular flexibility index (Phi) is 3.72. The minimum absolute atomic E-state index is 0.0971. The summed E-state index contributed by atoms with van der Waals surface area (Å²) in [5.41, 5.74) is 0.673. The van der Waals surface area contributed by atoms with Crippen LogP contribution in [0.1, 0.15) is 6.92 Å². The zero-order chi connectivity index (χ0) is 11.6. The van der Waals surface area contributed by atoms with Gasteiger partial charge in [-0.1, -0.05) is 0 Å². The molecule has 6 heteroatoms. The highest BCUT2D eigenvalue weighted by molar-refractivity contribution is 14.2. The summed E-state index contributed by atoms with van der Waals surface area (Å²) in [6.45, 7) is 1.45. The van der Waals surface area contributed by atoms with E-state index in [4.69, 9.17) is 0 Å². The molecular formula is C9H10INO3S. The normalized spacial score (nSPS) is 11.1. The first-order valence-electron chi connectivity index (χ1n) is 4.11. The van der Waals surface area contributed by atoms with E-state index in [0.717, 1.165) is 0 Å². The zero-order valence-electron chi connectivity index (χ0n) is 8.27. The molecule has 0 aromatic heterocycles. The average molecular weight is 339 g/mol. The minimum Gasteiger partial charge on any atom is -0.316 e. The first-order chi connectivity index (χ1) is 6.82. The number of carbonyl (C=O) groups excluding carboxylic acids is 1. The summed E-state index contributed by atoms with van der Waals surface area (Å²) in [5, 5.41) is 0. The number of carbonyl (C=O) groups is 1. The van der Waals surface area contributed by atoms with Gasteiger partial charge in [-0.3, -0.25) is 4.79 Å². The van der Waals surface area contributed by atoms with Crippen LogP contribution in [-0.4, -0.2) is 21.4 Å². The maximum Gasteiger partial charge on any atom is 0.231 e. The van der Waals surface area contributed by atoms with Crippen molar-refractivity contribution in [2.75, 3.05) is 11.9 Å². The Morgan fingerprint density at radius 1 is 1.27 bits per heavy atom. The van der Waals surface area contributed by atoms with Crippen LogP contribution in [0.15, 0.2) is 29.2 Å². The number of rotatable bonds is 2. The molecule has 0 aliphatic rings. The van der Waals surface area contributed by atoms with E-state index in [1.165, 1.54) is 45.2 Å². The lowest BCUT2D eigenvalue weighted by Crippen LogP contribution is -2.22.